The summed E-state index contributed by atoms with van der Waals surface area (Å²) in [5.74, 6) is -1.69. The lowest BCUT2D eigenvalue weighted by Crippen LogP contribution is -2.31. The van der Waals surface area contributed by atoms with E-state index in [1.165, 1.54) is 16.2 Å². The normalized spacial score (nSPS) is 16.3. The average Bonchev–Trinajstić information content (AvgIpc) is 3.19. The van der Waals surface area contributed by atoms with Crippen LogP contribution in [-0.2, 0) is 11.3 Å². The number of aliphatic hydroxyl groups excluding tert-OH is 1. The number of hydrogen-bond donors (Lipinski definition) is 1. The molecule has 31 heavy (non-hydrogen) atoms. The number of halogens is 2. The quantitative estimate of drug-likeness (QED) is 0.473. The van der Waals surface area contributed by atoms with Crippen LogP contribution in [0.15, 0.2) is 59.9 Å². The molecular weight excluding hydrogens is 455 g/mol. The number of aryl methyl sites for hydroxylation is 2. The predicted octanol–water partition coefficient (Wildman–Crippen LogP) is 5.85. The highest BCUT2D eigenvalue weighted by atomic mass is 35.5. The fourth-order valence-electron chi connectivity index (χ4n) is 3.77. The minimum Gasteiger partial charge on any atom is -0.503 e. The van der Waals surface area contributed by atoms with Crippen molar-refractivity contribution < 1.29 is 14.7 Å². The van der Waals surface area contributed by atoms with Crippen LogP contribution in [0.1, 0.15) is 37.5 Å². The Balaban J connectivity index is 1.88. The molecule has 1 unspecified atom stereocenters. The van der Waals surface area contributed by atoms with E-state index in [4.69, 9.17) is 23.2 Å². The molecule has 8 heteroatoms. The molecule has 0 spiro atoms. The van der Waals surface area contributed by atoms with E-state index in [0.717, 1.165) is 10.6 Å². The van der Waals surface area contributed by atoms with Crippen LogP contribution < -0.4 is 0 Å². The smallest absolute Gasteiger partial charge is 0.290 e. The van der Waals surface area contributed by atoms with E-state index >= 15 is 0 Å². The van der Waals surface area contributed by atoms with Crippen molar-refractivity contribution in [3.05, 3.63) is 96.6 Å². The van der Waals surface area contributed by atoms with Gasteiger partial charge in [-0.15, -0.1) is 11.3 Å². The molecule has 0 radical (unpaired) electrons. The molecule has 2 heterocycles. The van der Waals surface area contributed by atoms with Crippen LogP contribution in [0.5, 0.6) is 0 Å². The fourth-order valence-corrected chi connectivity index (χ4v) is 5.24. The largest absolute Gasteiger partial charge is 0.503 e. The van der Waals surface area contributed by atoms with Gasteiger partial charge in [-0.1, -0.05) is 59.6 Å². The van der Waals surface area contributed by atoms with Gasteiger partial charge in [0.25, 0.3) is 5.91 Å². The third-order valence-electron chi connectivity index (χ3n) is 5.13. The molecule has 0 bridgehead atoms. The Labute approximate surface area is 193 Å². The Morgan fingerprint density at radius 2 is 1.74 bits per heavy atom. The summed E-state index contributed by atoms with van der Waals surface area (Å²) >= 11 is 14.2. The first kappa shape index (κ1) is 21.6. The Bertz CT molecular complexity index is 1200. The van der Waals surface area contributed by atoms with Gasteiger partial charge in [0.1, 0.15) is 0 Å². The number of hydrogen-bond acceptors (Lipinski definition) is 5. The van der Waals surface area contributed by atoms with Gasteiger partial charge in [-0.3, -0.25) is 9.59 Å². The molecule has 1 amide bonds. The molecular formula is C23H18Cl2N2O3S. The predicted molar refractivity (Wildman–Crippen MR) is 122 cm³/mol. The molecule has 0 saturated heterocycles. The number of ketones is 1. The molecule has 3 aromatic rings. The highest BCUT2D eigenvalue weighted by Crippen LogP contribution is 2.45. The summed E-state index contributed by atoms with van der Waals surface area (Å²) < 4.78 is 0. The molecule has 1 aliphatic rings. The number of benzene rings is 2. The van der Waals surface area contributed by atoms with E-state index in [0.29, 0.717) is 26.2 Å². The Morgan fingerprint density at radius 3 is 2.32 bits per heavy atom. The van der Waals surface area contributed by atoms with Crippen molar-refractivity contribution in [2.75, 3.05) is 0 Å². The van der Waals surface area contributed by atoms with Gasteiger partial charge in [0, 0.05) is 22.2 Å². The third kappa shape index (κ3) is 3.87. The molecule has 1 atom stereocenters. The molecule has 0 aliphatic carbocycles. The summed E-state index contributed by atoms with van der Waals surface area (Å²) in [5, 5.41) is 12.1. The number of nitrogens with zero attached hydrogens (tertiary/aromatic N) is 2. The van der Waals surface area contributed by atoms with E-state index in [1.807, 2.05) is 30.3 Å². The zero-order valence-corrected chi connectivity index (χ0v) is 19.1. The van der Waals surface area contributed by atoms with E-state index in [-0.39, 0.29) is 12.1 Å². The summed E-state index contributed by atoms with van der Waals surface area (Å²) in [7, 11) is 0. The molecule has 5 nitrogen and oxygen atoms in total. The fraction of sp³-hybridized carbons (Fsp3) is 0.174. The first-order valence-electron chi connectivity index (χ1n) is 9.50. The van der Waals surface area contributed by atoms with Crippen molar-refractivity contribution in [1.82, 2.24) is 9.88 Å². The molecule has 0 fully saturated rings. The lowest BCUT2D eigenvalue weighted by molar-refractivity contribution is -0.130. The highest BCUT2D eigenvalue weighted by Gasteiger charge is 2.45. The number of amides is 1. The van der Waals surface area contributed by atoms with Gasteiger partial charge in [0.15, 0.2) is 5.76 Å². The maximum absolute atomic E-state index is 13.5. The number of aromatic nitrogens is 1. The maximum Gasteiger partial charge on any atom is 0.290 e. The van der Waals surface area contributed by atoms with Crippen molar-refractivity contribution in [2.45, 2.75) is 26.4 Å². The van der Waals surface area contributed by atoms with Gasteiger partial charge in [-0.2, -0.15) is 0 Å². The van der Waals surface area contributed by atoms with E-state index < -0.39 is 23.5 Å². The van der Waals surface area contributed by atoms with E-state index in [1.54, 1.807) is 32.0 Å². The Kier molecular flexibility index (Phi) is 5.88. The van der Waals surface area contributed by atoms with Crippen molar-refractivity contribution in [3.8, 4) is 0 Å². The molecule has 1 N–H and O–H groups in total. The van der Waals surface area contributed by atoms with Crippen molar-refractivity contribution >= 4 is 46.2 Å². The van der Waals surface area contributed by atoms with E-state index in [9.17, 15) is 14.7 Å². The minimum atomic E-state index is -0.928. The van der Waals surface area contributed by atoms with Gasteiger partial charge in [-0.25, -0.2) is 4.98 Å². The molecule has 2 aromatic carbocycles. The first-order chi connectivity index (χ1) is 14.8. The topological polar surface area (TPSA) is 70.5 Å². The highest BCUT2D eigenvalue weighted by molar-refractivity contribution is 7.14. The van der Waals surface area contributed by atoms with Gasteiger partial charge in [0.05, 0.1) is 27.2 Å². The van der Waals surface area contributed by atoms with Crippen LogP contribution in [0.4, 0.5) is 0 Å². The van der Waals surface area contributed by atoms with Crippen molar-refractivity contribution in [2.24, 2.45) is 0 Å². The van der Waals surface area contributed by atoms with Gasteiger partial charge < -0.3 is 10.0 Å². The monoisotopic (exact) mass is 472 g/mol. The number of rotatable bonds is 5. The summed E-state index contributed by atoms with van der Waals surface area (Å²) in [6.45, 7) is 3.70. The van der Waals surface area contributed by atoms with E-state index in [2.05, 4.69) is 4.98 Å². The SMILES string of the molecule is Cc1nc(C)c(C(=O)C2=C(O)C(=O)N(Cc3ccccc3)C2c2c(Cl)cccc2Cl)s1. The van der Waals surface area contributed by atoms with Crippen LogP contribution in [0.2, 0.25) is 10.0 Å². The lowest BCUT2D eigenvalue weighted by atomic mass is 9.94. The number of thiazole rings is 1. The minimum absolute atomic E-state index is 0.0392. The first-order valence-corrected chi connectivity index (χ1v) is 11.1. The Hall–Kier alpha value is -2.67. The lowest BCUT2D eigenvalue weighted by Gasteiger charge is -2.28. The number of carbonyl (C=O) groups excluding carboxylic acids is 2. The Morgan fingerprint density at radius 1 is 1.10 bits per heavy atom. The second-order valence-electron chi connectivity index (χ2n) is 7.20. The maximum atomic E-state index is 13.5. The third-order valence-corrected chi connectivity index (χ3v) is 6.86. The average molecular weight is 473 g/mol. The zero-order chi connectivity index (χ0) is 22.3. The standard InChI is InChI=1S/C23H18Cl2N2O3S/c1-12-22(31-13(2)26-12)20(28)18-19(17-15(24)9-6-10-16(17)25)27(23(30)21(18)29)11-14-7-4-3-5-8-14/h3-10,19,29H,11H2,1-2H3. The van der Waals surface area contributed by atoms with Crippen molar-refractivity contribution in [1.29, 1.82) is 0 Å². The molecule has 1 aliphatic heterocycles. The summed E-state index contributed by atoms with van der Waals surface area (Å²) in [6.07, 6.45) is 0. The summed E-state index contributed by atoms with van der Waals surface area (Å²) in [6, 6.07) is 13.4. The molecule has 1 aromatic heterocycles. The van der Waals surface area contributed by atoms with Gasteiger partial charge in [-0.05, 0) is 31.5 Å². The number of carbonyl (C=O) groups is 2. The van der Waals surface area contributed by atoms with Crippen LogP contribution in [0.3, 0.4) is 0 Å². The summed E-state index contributed by atoms with van der Waals surface area (Å²) in [5.41, 5.74) is 1.75. The van der Waals surface area contributed by atoms with Gasteiger partial charge in [0.2, 0.25) is 5.78 Å². The molecule has 4 rings (SSSR count). The number of Topliss-reactive ketones (excluding diaryl/α,β-unsaturated/α-hetero) is 1. The second-order valence-corrected chi connectivity index (χ2v) is 9.21. The van der Waals surface area contributed by atoms with Crippen LogP contribution >= 0.6 is 34.5 Å². The van der Waals surface area contributed by atoms with Crippen LogP contribution in [-0.4, -0.2) is 26.7 Å². The van der Waals surface area contributed by atoms with Crippen LogP contribution in [0.25, 0.3) is 0 Å². The number of aliphatic hydroxyl groups is 1. The zero-order valence-electron chi connectivity index (χ0n) is 16.7. The summed E-state index contributed by atoms with van der Waals surface area (Å²) in [4.78, 5) is 32.8. The molecule has 158 valence electrons. The molecule has 0 saturated carbocycles. The van der Waals surface area contributed by atoms with Gasteiger partial charge >= 0.3 is 0 Å². The van der Waals surface area contributed by atoms with Crippen LogP contribution in [0, 0.1) is 13.8 Å². The van der Waals surface area contributed by atoms with Crippen molar-refractivity contribution in [3.63, 3.8) is 0 Å². The second kappa shape index (κ2) is 8.46.